The van der Waals surface area contributed by atoms with Crippen molar-refractivity contribution in [2.24, 2.45) is 5.92 Å². The number of hydrogen-bond acceptors (Lipinski definition) is 1. The lowest BCUT2D eigenvalue weighted by Crippen LogP contribution is -2.27. The smallest absolute Gasteiger partial charge is 0.126 e. The molecular formula is C16H24FN. The van der Waals surface area contributed by atoms with Crippen molar-refractivity contribution >= 4 is 0 Å². The maximum absolute atomic E-state index is 14.0. The molecule has 1 atom stereocenters. The molecule has 18 heavy (non-hydrogen) atoms. The molecule has 0 saturated heterocycles. The van der Waals surface area contributed by atoms with Crippen LogP contribution in [0, 0.1) is 11.7 Å². The Kier molecular flexibility index (Phi) is 5.18. The molecule has 1 nitrogen and oxygen atoms in total. The largest absolute Gasteiger partial charge is 0.316 e. The van der Waals surface area contributed by atoms with Crippen LogP contribution in [0.25, 0.3) is 0 Å². The highest BCUT2D eigenvalue weighted by molar-refractivity contribution is 5.23. The Morgan fingerprint density at radius 3 is 2.67 bits per heavy atom. The van der Waals surface area contributed by atoms with Crippen LogP contribution in [0.2, 0.25) is 0 Å². The molecule has 1 unspecified atom stereocenters. The second kappa shape index (κ2) is 6.89. The van der Waals surface area contributed by atoms with Gasteiger partial charge in [-0.2, -0.15) is 0 Å². The van der Waals surface area contributed by atoms with Crippen molar-refractivity contribution < 1.29 is 4.39 Å². The number of halogens is 1. The molecule has 100 valence electrons. The van der Waals surface area contributed by atoms with E-state index in [0.29, 0.717) is 11.8 Å². The zero-order chi connectivity index (χ0) is 12.8. The minimum Gasteiger partial charge on any atom is -0.316 e. The van der Waals surface area contributed by atoms with Crippen molar-refractivity contribution in [3.05, 3.63) is 35.6 Å². The van der Waals surface area contributed by atoms with Gasteiger partial charge in [-0.15, -0.1) is 0 Å². The highest BCUT2D eigenvalue weighted by atomic mass is 19.1. The van der Waals surface area contributed by atoms with Gasteiger partial charge in [0, 0.05) is 12.5 Å². The first-order chi connectivity index (χ1) is 8.83. The summed E-state index contributed by atoms with van der Waals surface area (Å²) < 4.78 is 14.0. The second-order valence-corrected chi connectivity index (χ2v) is 5.38. The molecule has 1 fully saturated rings. The molecule has 0 aliphatic heterocycles. The number of rotatable bonds is 6. The molecule has 1 saturated carbocycles. The quantitative estimate of drug-likeness (QED) is 0.748. The fourth-order valence-electron chi connectivity index (χ4n) is 3.10. The van der Waals surface area contributed by atoms with Crippen molar-refractivity contribution in [2.45, 2.75) is 44.9 Å². The van der Waals surface area contributed by atoms with E-state index in [2.05, 4.69) is 12.2 Å². The molecule has 0 radical (unpaired) electrons. The van der Waals surface area contributed by atoms with Crippen molar-refractivity contribution in [3.8, 4) is 0 Å². The van der Waals surface area contributed by atoms with Crippen LogP contribution >= 0.6 is 0 Å². The standard InChI is InChI=1S/C16H24FN/c1-2-11-18-12-15(13-7-3-4-8-13)14-9-5-6-10-16(14)17/h5-6,9-10,13,15,18H,2-4,7-8,11-12H2,1H3. The van der Waals surface area contributed by atoms with E-state index < -0.39 is 0 Å². The summed E-state index contributed by atoms with van der Waals surface area (Å²) in [6, 6.07) is 7.30. The zero-order valence-electron chi connectivity index (χ0n) is 11.3. The lowest BCUT2D eigenvalue weighted by Gasteiger charge is -2.24. The van der Waals surface area contributed by atoms with Crippen molar-refractivity contribution in [2.75, 3.05) is 13.1 Å². The minimum absolute atomic E-state index is 0.0345. The average molecular weight is 249 g/mol. The lowest BCUT2D eigenvalue weighted by atomic mass is 9.84. The van der Waals surface area contributed by atoms with E-state index in [0.717, 1.165) is 25.1 Å². The van der Waals surface area contributed by atoms with Crippen LogP contribution in [0.15, 0.2) is 24.3 Å². The fourth-order valence-corrected chi connectivity index (χ4v) is 3.10. The molecule has 0 amide bonds. The van der Waals surface area contributed by atoms with Crippen LogP contribution in [0.3, 0.4) is 0 Å². The van der Waals surface area contributed by atoms with Gasteiger partial charge in [-0.1, -0.05) is 38.0 Å². The van der Waals surface area contributed by atoms with Crippen LogP contribution < -0.4 is 5.32 Å². The Labute approximate surface area is 110 Å². The predicted octanol–water partition coefficient (Wildman–Crippen LogP) is 4.10. The van der Waals surface area contributed by atoms with Gasteiger partial charge in [0.25, 0.3) is 0 Å². The van der Waals surface area contributed by atoms with Crippen molar-refractivity contribution in [1.29, 1.82) is 0 Å². The fraction of sp³-hybridized carbons (Fsp3) is 0.625. The molecular weight excluding hydrogens is 225 g/mol. The zero-order valence-corrected chi connectivity index (χ0v) is 11.3. The van der Waals surface area contributed by atoms with Crippen LogP contribution in [-0.2, 0) is 0 Å². The molecule has 1 N–H and O–H groups in total. The van der Waals surface area contributed by atoms with Crippen molar-refractivity contribution in [1.82, 2.24) is 5.32 Å². The summed E-state index contributed by atoms with van der Waals surface area (Å²) in [5.74, 6) is 0.971. The van der Waals surface area contributed by atoms with Crippen LogP contribution in [0.1, 0.15) is 50.5 Å². The molecule has 1 aliphatic rings. The van der Waals surface area contributed by atoms with Crippen molar-refractivity contribution in [3.63, 3.8) is 0 Å². The van der Waals surface area contributed by atoms with Gasteiger partial charge in [0.15, 0.2) is 0 Å². The normalized spacial score (nSPS) is 18.1. The highest BCUT2D eigenvalue weighted by Crippen LogP contribution is 2.37. The van der Waals surface area contributed by atoms with E-state index in [9.17, 15) is 4.39 Å². The molecule has 0 heterocycles. The SMILES string of the molecule is CCCNCC(c1ccccc1F)C1CCCC1. The Morgan fingerprint density at radius 2 is 2.00 bits per heavy atom. The molecule has 1 aliphatic carbocycles. The number of benzene rings is 1. The lowest BCUT2D eigenvalue weighted by molar-refractivity contribution is 0.399. The Morgan fingerprint density at radius 1 is 1.28 bits per heavy atom. The van der Waals surface area contributed by atoms with Crippen LogP contribution in [0.4, 0.5) is 4.39 Å². The van der Waals surface area contributed by atoms with Gasteiger partial charge in [-0.25, -0.2) is 4.39 Å². The summed E-state index contributed by atoms with van der Waals surface area (Å²) in [5.41, 5.74) is 0.910. The average Bonchev–Trinajstić information content (AvgIpc) is 2.90. The highest BCUT2D eigenvalue weighted by Gasteiger charge is 2.27. The predicted molar refractivity (Wildman–Crippen MR) is 74.3 cm³/mol. The van der Waals surface area contributed by atoms with Gasteiger partial charge in [0.1, 0.15) is 5.82 Å². The van der Waals surface area contributed by atoms with E-state index in [1.807, 2.05) is 12.1 Å². The summed E-state index contributed by atoms with van der Waals surface area (Å²) in [6.07, 6.45) is 6.26. The van der Waals surface area contributed by atoms with Gasteiger partial charge >= 0.3 is 0 Å². The summed E-state index contributed by atoms with van der Waals surface area (Å²) in [7, 11) is 0. The van der Waals surface area contributed by atoms with Crippen LogP contribution in [0.5, 0.6) is 0 Å². The van der Waals surface area contributed by atoms with E-state index in [-0.39, 0.29) is 5.82 Å². The number of hydrogen-bond donors (Lipinski definition) is 1. The Balaban J connectivity index is 2.10. The molecule has 1 aromatic rings. The third-order valence-corrected chi connectivity index (χ3v) is 4.06. The van der Waals surface area contributed by atoms with Gasteiger partial charge in [-0.3, -0.25) is 0 Å². The summed E-state index contributed by atoms with van der Waals surface area (Å²) >= 11 is 0. The maximum Gasteiger partial charge on any atom is 0.126 e. The molecule has 1 aromatic carbocycles. The van der Waals surface area contributed by atoms with Gasteiger partial charge in [0.05, 0.1) is 0 Å². The topological polar surface area (TPSA) is 12.0 Å². The summed E-state index contributed by atoms with van der Waals surface area (Å²) in [4.78, 5) is 0. The molecule has 0 spiro atoms. The first-order valence-electron chi connectivity index (χ1n) is 7.28. The maximum atomic E-state index is 14.0. The van der Waals surface area contributed by atoms with E-state index in [1.165, 1.54) is 25.7 Å². The first-order valence-corrected chi connectivity index (χ1v) is 7.28. The van der Waals surface area contributed by atoms with E-state index >= 15 is 0 Å². The number of nitrogens with one attached hydrogen (secondary N) is 1. The second-order valence-electron chi connectivity index (χ2n) is 5.38. The summed E-state index contributed by atoms with van der Waals surface area (Å²) in [5, 5.41) is 3.47. The van der Waals surface area contributed by atoms with Gasteiger partial charge < -0.3 is 5.32 Å². The first kappa shape index (κ1) is 13.5. The summed E-state index contributed by atoms with van der Waals surface area (Å²) in [6.45, 7) is 4.11. The van der Waals surface area contributed by atoms with Gasteiger partial charge in [0.2, 0.25) is 0 Å². The van der Waals surface area contributed by atoms with E-state index in [4.69, 9.17) is 0 Å². The molecule has 0 aromatic heterocycles. The Bertz CT molecular complexity index is 358. The Hall–Kier alpha value is -0.890. The third kappa shape index (κ3) is 3.32. The molecule has 0 bridgehead atoms. The van der Waals surface area contributed by atoms with Gasteiger partial charge in [-0.05, 0) is 43.4 Å². The third-order valence-electron chi connectivity index (χ3n) is 4.06. The molecule has 2 rings (SSSR count). The monoisotopic (exact) mass is 249 g/mol. The molecule has 2 heteroatoms. The van der Waals surface area contributed by atoms with Crippen LogP contribution in [-0.4, -0.2) is 13.1 Å². The minimum atomic E-state index is -0.0345. The van der Waals surface area contributed by atoms with E-state index in [1.54, 1.807) is 12.1 Å².